The highest BCUT2D eigenvalue weighted by molar-refractivity contribution is 7.84. The van der Waals surface area contributed by atoms with Gasteiger partial charge in [-0.05, 0) is 53.1 Å². The molecule has 2 rings (SSSR count). The van der Waals surface area contributed by atoms with E-state index in [0.29, 0.717) is 0 Å². The summed E-state index contributed by atoms with van der Waals surface area (Å²) in [6.45, 7) is 4.08. The van der Waals surface area contributed by atoms with Crippen molar-refractivity contribution in [3.8, 4) is 11.1 Å². The Hall–Kier alpha value is -1.38. The molecule has 2 aromatic rings. The third-order valence-electron chi connectivity index (χ3n) is 3.12. The van der Waals surface area contributed by atoms with Crippen LogP contribution >= 0.6 is 25.3 Å². The summed E-state index contributed by atoms with van der Waals surface area (Å²) in [6.07, 6.45) is 4.10. The van der Waals surface area contributed by atoms with Gasteiger partial charge in [0.2, 0.25) is 0 Å². The van der Waals surface area contributed by atoms with Gasteiger partial charge in [-0.25, -0.2) is 0 Å². The van der Waals surface area contributed by atoms with E-state index in [-0.39, 0.29) is 0 Å². The van der Waals surface area contributed by atoms with Crippen LogP contribution in [0, 0.1) is 0 Å². The van der Waals surface area contributed by atoms with Crippen molar-refractivity contribution in [1.82, 2.24) is 0 Å². The molecule has 2 aromatic carbocycles. The van der Waals surface area contributed by atoms with Crippen LogP contribution in [0.3, 0.4) is 0 Å². The smallest absolute Gasteiger partial charge is 0.00404 e. The number of rotatable bonds is 3. The molecular weight excluding hydrogens is 280 g/mol. The van der Waals surface area contributed by atoms with Crippen molar-refractivity contribution in [3.05, 3.63) is 71.2 Å². The van der Waals surface area contributed by atoms with Crippen molar-refractivity contribution in [2.75, 3.05) is 0 Å². The van der Waals surface area contributed by atoms with E-state index in [1.807, 2.05) is 25.1 Å². The van der Waals surface area contributed by atoms with Crippen LogP contribution in [-0.4, -0.2) is 0 Å². The van der Waals surface area contributed by atoms with Gasteiger partial charge in [0.15, 0.2) is 0 Å². The molecule has 0 aromatic heterocycles. The normalized spacial score (nSPS) is 12.6. The molecule has 20 heavy (non-hydrogen) atoms. The molecule has 0 aliphatic rings. The summed E-state index contributed by atoms with van der Waals surface area (Å²) < 4.78 is 0. The third-order valence-corrected chi connectivity index (χ3v) is 3.56. The van der Waals surface area contributed by atoms with Gasteiger partial charge in [-0.2, -0.15) is 0 Å². The summed E-state index contributed by atoms with van der Waals surface area (Å²) in [5.74, 6) is 0. The summed E-state index contributed by atoms with van der Waals surface area (Å²) >= 11 is 8.58. The van der Waals surface area contributed by atoms with Gasteiger partial charge in [-0.15, -0.1) is 25.3 Å². The first-order valence-corrected chi connectivity index (χ1v) is 7.40. The first kappa shape index (κ1) is 15.0. The molecule has 0 saturated carbocycles. The van der Waals surface area contributed by atoms with Gasteiger partial charge in [0.25, 0.3) is 0 Å². The highest BCUT2D eigenvalue weighted by Gasteiger charge is 1.99. The Labute approximate surface area is 132 Å². The van der Waals surface area contributed by atoms with E-state index in [2.05, 4.69) is 74.7 Å². The van der Waals surface area contributed by atoms with Gasteiger partial charge in [-0.1, -0.05) is 48.6 Å². The lowest BCUT2D eigenvalue weighted by Gasteiger charge is -2.05. The van der Waals surface area contributed by atoms with Gasteiger partial charge >= 0.3 is 0 Å². The molecule has 0 nitrogen and oxygen atoms in total. The van der Waals surface area contributed by atoms with Crippen LogP contribution in [-0.2, 0) is 0 Å². The second-order valence-electron chi connectivity index (χ2n) is 4.78. The quantitative estimate of drug-likeness (QED) is 0.513. The molecule has 2 heteroatoms. The van der Waals surface area contributed by atoms with E-state index >= 15 is 0 Å². The Bertz CT molecular complexity index is 628. The van der Waals surface area contributed by atoms with E-state index in [0.717, 1.165) is 9.80 Å². The van der Waals surface area contributed by atoms with Crippen LogP contribution in [0.2, 0.25) is 0 Å². The average Bonchev–Trinajstić information content (AvgIpc) is 2.46. The summed E-state index contributed by atoms with van der Waals surface area (Å²) in [4.78, 5) is 1.99. The van der Waals surface area contributed by atoms with Crippen LogP contribution in [0.15, 0.2) is 70.5 Å². The van der Waals surface area contributed by atoms with E-state index in [4.69, 9.17) is 0 Å². The van der Waals surface area contributed by atoms with Crippen molar-refractivity contribution in [2.45, 2.75) is 18.7 Å². The molecule has 0 atom stereocenters. The summed E-state index contributed by atoms with van der Waals surface area (Å²) in [5.41, 5.74) is 4.89. The van der Waals surface area contributed by atoms with Crippen molar-refractivity contribution in [1.29, 1.82) is 0 Å². The Morgan fingerprint density at radius 2 is 1.30 bits per heavy atom. The van der Waals surface area contributed by atoms with Crippen LogP contribution in [0.4, 0.5) is 0 Å². The maximum absolute atomic E-state index is 4.31. The summed E-state index contributed by atoms with van der Waals surface area (Å²) in [6, 6.07) is 16.8. The standard InChI is InChI=1S/C18H18S2/c1-13(3-4-14(2)19)15-5-7-16(8-6-15)17-9-11-18(20)12-10-17/h3-12,19-20H,1-2H3/b13-3+,14-4+. The van der Waals surface area contributed by atoms with Crippen molar-refractivity contribution in [3.63, 3.8) is 0 Å². The van der Waals surface area contributed by atoms with Gasteiger partial charge in [0.1, 0.15) is 0 Å². The minimum absolute atomic E-state index is 0.984. The van der Waals surface area contributed by atoms with E-state index < -0.39 is 0 Å². The molecule has 0 amide bonds. The van der Waals surface area contributed by atoms with Crippen LogP contribution < -0.4 is 0 Å². The molecule has 0 fully saturated rings. The zero-order chi connectivity index (χ0) is 14.5. The highest BCUT2D eigenvalue weighted by Crippen LogP contribution is 2.23. The largest absolute Gasteiger partial charge is 0.148 e. The lowest BCUT2D eigenvalue weighted by Crippen LogP contribution is -1.81. The lowest BCUT2D eigenvalue weighted by molar-refractivity contribution is 1.46. The number of allylic oxidation sites excluding steroid dienone is 4. The van der Waals surface area contributed by atoms with Crippen molar-refractivity contribution in [2.24, 2.45) is 0 Å². The van der Waals surface area contributed by atoms with Crippen LogP contribution in [0.25, 0.3) is 16.7 Å². The molecule has 0 radical (unpaired) electrons. The average molecular weight is 298 g/mol. The number of hydrogen-bond donors (Lipinski definition) is 2. The van der Waals surface area contributed by atoms with Gasteiger partial charge in [0, 0.05) is 4.90 Å². The molecule has 0 unspecified atom stereocenters. The Morgan fingerprint density at radius 1 is 0.800 bits per heavy atom. The molecule has 0 spiro atoms. The van der Waals surface area contributed by atoms with E-state index in [1.165, 1.54) is 22.3 Å². The van der Waals surface area contributed by atoms with Gasteiger partial charge in [-0.3, -0.25) is 0 Å². The minimum atomic E-state index is 0.984. The molecular formula is C18H18S2. The molecule has 0 aliphatic heterocycles. The second kappa shape index (κ2) is 6.87. The van der Waals surface area contributed by atoms with Crippen LogP contribution in [0.5, 0.6) is 0 Å². The number of thiol groups is 2. The fraction of sp³-hybridized carbons (Fsp3) is 0.111. The maximum Gasteiger partial charge on any atom is 0.00404 e. The van der Waals surface area contributed by atoms with Gasteiger partial charge in [0.05, 0.1) is 0 Å². The topological polar surface area (TPSA) is 0 Å². The zero-order valence-corrected chi connectivity index (χ0v) is 13.5. The first-order chi connectivity index (χ1) is 9.56. The molecule has 0 heterocycles. The molecule has 0 saturated heterocycles. The predicted octanol–water partition coefficient (Wildman–Crippen LogP) is 5.88. The second-order valence-corrected chi connectivity index (χ2v) is 6.00. The maximum atomic E-state index is 4.31. The van der Waals surface area contributed by atoms with E-state index in [9.17, 15) is 0 Å². The van der Waals surface area contributed by atoms with Crippen molar-refractivity contribution >= 4 is 30.8 Å². The third kappa shape index (κ3) is 4.06. The molecule has 0 aliphatic carbocycles. The number of benzene rings is 2. The SMILES string of the molecule is C/C(S)=C\C=C(/C)c1ccc(-c2ccc(S)cc2)cc1. The van der Waals surface area contributed by atoms with E-state index in [1.54, 1.807) is 0 Å². The highest BCUT2D eigenvalue weighted by atomic mass is 32.1. The Kier molecular flexibility index (Phi) is 5.16. The minimum Gasteiger partial charge on any atom is -0.148 e. The zero-order valence-electron chi connectivity index (χ0n) is 11.7. The molecule has 0 bridgehead atoms. The van der Waals surface area contributed by atoms with Crippen molar-refractivity contribution < 1.29 is 0 Å². The monoisotopic (exact) mass is 298 g/mol. The van der Waals surface area contributed by atoms with Gasteiger partial charge < -0.3 is 0 Å². The summed E-state index contributed by atoms with van der Waals surface area (Å²) in [5, 5.41) is 0. The Balaban J connectivity index is 2.24. The Morgan fingerprint density at radius 3 is 1.80 bits per heavy atom. The first-order valence-electron chi connectivity index (χ1n) is 6.50. The number of hydrogen-bond acceptors (Lipinski definition) is 2. The fourth-order valence-electron chi connectivity index (χ4n) is 1.92. The predicted molar refractivity (Wildman–Crippen MR) is 95.5 cm³/mol. The fourth-order valence-corrected chi connectivity index (χ4v) is 2.14. The lowest BCUT2D eigenvalue weighted by atomic mass is 10.0. The van der Waals surface area contributed by atoms with Crippen LogP contribution in [0.1, 0.15) is 19.4 Å². The molecule has 102 valence electrons. The molecule has 0 N–H and O–H groups in total. The summed E-state index contributed by atoms with van der Waals surface area (Å²) in [7, 11) is 0.